The molecule has 0 radical (unpaired) electrons. The Morgan fingerprint density at radius 1 is 0.548 bits per heavy atom. The van der Waals surface area contributed by atoms with Gasteiger partial charge < -0.3 is 16.0 Å². The van der Waals surface area contributed by atoms with Gasteiger partial charge in [-0.05, 0) is 72.8 Å². The van der Waals surface area contributed by atoms with Crippen LogP contribution in [0.3, 0.4) is 0 Å². The van der Waals surface area contributed by atoms with Gasteiger partial charge in [-0.15, -0.1) is 0 Å². The molecule has 0 saturated carbocycles. The van der Waals surface area contributed by atoms with Gasteiger partial charge in [0.1, 0.15) is 0 Å². The molecule has 0 spiro atoms. The molecule has 0 aliphatic heterocycles. The number of hydrogen-bond donors (Lipinski definition) is 3. The summed E-state index contributed by atoms with van der Waals surface area (Å²) in [7, 11) is 0. The van der Waals surface area contributed by atoms with Crippen molar-refractivity contribution >= 4 is 0 Å². The molecule has 4 unspecified atom stereocenters. The van der Waals surface area contributed by atoms with Gasteiger partial charge in [-0.2, -0.15) is 0 Å². The van der Waals surface area contributed by atoms with Gasteiger partial charge in [0.15, 0.2) is 0 Å². The average molecular weight is 590 g/mol. The summed E-state index contributed by atoms with van der Waals surface area (Å²) < 4.78 is 0. The van der Waals surface area contributed by atoms with Crippen LogP contribution in [0.15, 0.2) is 97.6 Å². The molecular weight excluding hydrogens is 510 g/mol. The molecule has 0 saturated heterocycles. The van der Waals surface area contributed by atoms with Gasteiger partial charge in [0.25, 0.3) is 0 Å². The Morgan fingerprint density at radius 3 is 1.17 bits per heavy atom. The highest BCUT2D eigenvalue weighted by molar-refractivity contribution is 5.17. The van der Waals surface area contributed by atoms with Crippen LogP contribution in [0.2, 0.25) is 0 Å². The van der Waals surface area contributed by atoms with Crippen molar-refractivity contribution in [2.24, 2.45) is 5.92 Å². The molecule has 4 atom stereocenters. The SMILES string of the molecule is C.C.C.C.C=C(/C=C/C)NC(CC)C(=C)C.C=C(C)C(CC)NC(=C)C(CC)C(=C)C.C=C(CC)NC(CC)C(=C)C. The van der Waals surface area contributed by atoms with Gasteiger partial charge in [0.05, 0.1) is 0 Å². The molecule has 3 nitrogen and oxygen atoms in total. The van der Waals surface area contributed by atoms with Crippen LogP contribution in [0.25, 0.3) is 0 Å². The Hall–Kier alpha value is -2.68. The monoisotopic (exact) mass is 590 g/mol. The summed E-state index contributed by atoms with van der Waals surface area (Å²) in [6, 6.07) is 1.10. The number of rotatable bonds is 17. The van der Waals surface area contributed by atoms with Crippen molar-refractivity contribution < 1.29 is 0 Å². The summed E-state index contributed by atoms with van der Waals surface area (Å²) in [6.07, 6.45) is 9.14. The van der Waals surface area contributed by atoms with E-state index in [2.05, 4.69) is 110 Å². The molecule has 0 aliphatic carbocycles. The van der Waals surface area contributed by atoms with E-state index in [1.807, 2.05) is 32.9 Å². The molecule has 0 heterocycles. The van der Waals surface area contributed by atoms with Gasteiger partial charge in [-0.25, -0.2) is 0 Å². The normalized spacial score (nSPS) is 12.0. The molecule has 0 bridgehead atoms. The van der Waals surface area contributed by atoms with Crippen molar-refractivity contribution in [1.29, 1.82) is 0 Å². The minimum Gasteiger partial charge on any atom is -0.382 e. The molecule has 3 heteroatoms. The van der Waals surface area contributed by atoms with Crippen LogP contribution in [-0.4, -0.2) is 18.1 Å². The van der Waals surface area contributed by atoms with E-state index >= 15 is 0 Å². The van der Waals surface area contributed by atoms with E-state index in [9.17, 15) is 0 Å². The molecule has 0 aromatic heterocycles. The number of allylic oxidation sites excluding steroid dienone is 4. The lowest BCUT2D eigenvalue weighted by Gasteiger charge is -2.25. The quantitative estimate of drug-likeness (QED) is 0.117. The third kappa shape index (κ3) is 27.5. The molecule has 0 aliphatic rings. The molecule has 0 aromatic carbocycles. The Bertz CT molecular complexity index is 796. The number of hydrogen-bond acceptors (Lipinski definition) is 3. The minimum absolute atomic E-state index is 0. The van der Waals surface area contributed by atoms with Crippen molar-refractivity contribution in [1.82, 2.24) is 16.0 Å². The molecule has 42 heavy (non-hydrogen) atoms. The first-order valence-corrected chi connectivity index (χ1v) is 14.3. The maximum absolute atomic E-state index is 4.10. The zero-order chi connectivity index (χ0) is 30.4. The zero-order valence-electron chi connectivity index (χ0n) is 26.9. The third-order valence-electron chi connectivity index (χ3n) is 6.33. The largest absolute Gasteiger partial charge is 0.382 e. The third-order valence-corrected chi connectivity index (χ3v) is 6.33. The molecule has 0 rings (SSSR count). The lowest BCUT2D eigenvalue weighted by Crippen LogP contribution is -2.31. The fourth-order valence-electron chi connectivity index (χ4n) is 3.76. The average Bonchev–Trinajstić information content (AvgIpc) is 2.84. The molecule has 250 valence electrons. The first-order chi connectivity index (χ1) is 17.7. The van der Waals surface area contributed by atoms with Crippen molar-refractivity contribution in [3.05, 3.63) is 97.6 Å². The van der Waals surface area contributed by atoms with Crippen molar-refractivity contribution in [2.45, 2.75) is 149 Å². The van der Waals surface area contributed by atoms with Crippen LogP contribution >= 0.6 is 0 Å². The molecule has 0 fully saturated rings. The summed E-state index contributed by atoms with van der Waals surface area (Å²) >= 11 is 0. The molecule has 0 amide bonds. The minimum atomic E-state index is 0. The topological polar surface area (TPSA) is 36.1 Å². The highest BCUT2D eigenvalue weighted by Gasteiger charge is 2.14. The van der Waals surface area contributed by atoms with E-state index < -0.39 is 0 Å². The summed E-state index contributed by atoms with van der Waals surface area (Å²) in [5, 5.41) is 10.1. The summed E-state index contributed by atoms with van der Waals surface area (Å²) in [6.45, 7) is 48.5. The Kier molecular flexibility index (Phi) is 43.2. The number of nitrogens with one attached hydrogen (secondary N) is 3. The fourth-order valence-corrected chi connectivity index (χ4v) is 3.76. The van der Waals surface area contributed by atoms with Gasteiger partial charge in [-0.3, -0.25) is 0 Å². The van der Waals surface area contributed by atoms with Crippen molar-refractivity contribution in [3.63, 3.8) is 0 Å². The summed E-state index contributed by atoms with van der Waals surface area (Å²) in [4.78, 5) is 0. The van der Waals surface area contributed by atoms with E-state index in [1.165, 1.54) is 11.1 Å². The van der Waals surface area contributed by atoms with Crippen LogP contribution in [-0.2, 0) is 0 Å². The maximum atomic E-state index is 4.10. The van der Waals surface area contributed by atoms with Crippen LogP contribution in [0.5, 0.6) is 0 Å². The van der Waals surface area contributed by atoms with Crippen molar-refractivity contribution in [2.75, 3.05) is 0 Å². The van der Waals surface area contributed by atoms with Gasteiger partial charge in [-0.1, -0.05) is 139 Å². The lowest BCUT2D eigenvalue weighted by atomic mass is 9.94. The second kappa shape index (κ2) is 32.8. The summed E-state index contributed by atoms with van der Waals surface area (Å²) in [5.41, 5.74) is 7.79. The van der Waals surface area contributed by atoms with Crippen LogP contribution in [0.4, 0.5) is 0 Å². The van der Waals surface area contributed by atoms with E-state index in [1.54, 1.807) is 0 Å². The van der Waals surface area contributed by atoms with Crippen LogP contribution in [0, 0.1) is 5.92 Å². The van der Waals surface area contributed by atoms with E-state index in [0.717, 1.165) is 60.3 Å². The van der Waals surface area contributed by atoms with Gasteiger partial charge >= 0.3 is 0 Å². The van der Waals surface area contributed by atoms with Crippen LogP contribution < -0.4 is 16.0 Å². The standard InChI is InChI=1S/C14H25N.C11H19N.C10H19N.4CH4/c1-8-13(10(3)4)12(7)15-14(9-2)11(5)6;1-6-8-10(5)12-11(7-2)9(3)4;1-6-9(5)11-10(7-2)8(3)4;;;;/h13-15H,3,5,7-9H2,1-2,4,6H3;6,8,11-12H,3,5,7H2,1-2,4H3;10-11H,3,5-7H2,1-2,4H3;4*1H4/b;8-6+;;;;;. The predicted molar refractivity (Wildman–Crippen MR) is 204 cm³/mol. The maximum Gasteiger partial charge on any atom is 0.0465 e. The highest BCUT2D eigenvalue weighted by atomic mass is 14.9. The first-order valence-electron chi connectivity index (χ1n) is 14.3. The van der Waals surface area contributed by atoms with Crippen LogP contribution in [0.1, 0.15) is 131 Å². The van der Waals surface area contributed by atoms with E-state index in [-0.39, 0.29) is 29.7 Å². The predicted octanol–water partition coefficient (Wildman–Crippen LogP) is 12.5. The highest BCUT2D eigenvalue weighted by Crippen LogP contribution is 2.20. The fraction of sp³-hybridized carbons (Fsp3) is 0.590. The second-order valence-electron chi connectivity index (χ2n) is 10.2. The zero-order valence-corrected chi connectivity index (χ0v) is 26.9. The smallest absolute Gasteiger partial charge is 0.0465 e. The Morgan fingerprint density at radius 2 is 0.905 bits per heavy atom. The lowest BCUT2D eigenvalue weighted by molar-refractivity contribution is 0.548. The Balaban J connectivity index is -0.0000000845. The molecule has 3 N–H and O–H groups in total. The van der Waals surface area contributed by atoms with E-state index in [4.69, 9.17) is 0 Å². The first kappa shape index (κ1) is 55.3. The molecular formula is C39H79N3. The summed E-state index contributed by atoms with van der Waals surface area (Å²) in [5.74, 6) is 0.374. The van der Waals surface area contributed by atoms with Gasteiger partial charge in [0.2, 0.25) is 0 Å². The second-order valence-corrected chi connectivity index (χ2v) is 10.2. The van der Waals surface area contributed by atoms with E-state index in [0.29, 0.717) is 24.0 Å². The van der Waals surface area contributed by atoms with Gasteiger partial charge in [0, 0.05) is 41.1 Å². The molecule has 0 aromatic rings. The Labute approximate surface area is 268 Å². The van der Waals surface area contributed by atoms with Crippen molar-refractivity contribution in [3.8, 4) is 0 Å².